The van der Waals surface area contributed by atoms with Crippen LogP contribution in [0.15, 0.2) is 15.7 Å². The molecule has 0 saturated carbocycles. The van der Waals surface area contributed by atoms with Crippen LogP contribution in [-0.2, 0) is 25.8 Å². The lowest BCUT2D eigenvalue weighted by Gasteiger charge is -2.53. The SMILES string of the molecule is C#CCn1nnnc1SCC1(C(=O)O)CS[C@@H]2C(NC(=O)C(=NOC3CSC3)c3csc(N)n3)C(=O)N2C1.Cl. The van der Waals surface area contributed by atoms with Gasteiger partial charge in [-0.15, -0.1) is 47.0 Å². The van der Waals surface area contributed by atoms with Crippen LogP contribution in [0, 0.1) is 17.8 Å². The minimum Gasteiger partial charge on any atom is -0.481 e. The van der Waals surface area contributed by atoms with Crippen LogP contribution >= 0.6 is 59.0 Å². The molecular formula is C20H22ClN9O5S4. The monoisotopic (exact) mass is 631 g/mol. The number of tetrazole rings is 1. The fourth-order valence-electron chi connectivity index (χ4n) is 3.81. The van der Waals surface area contributed by atoms with E-state index in [-0.39, 0.29) is 65.6 Å². The number of hydrogen-bond acceptors (Lipinski definition) is 14. The van der Waals surface area contributed by atoms with Crippen molar-refractivity contribution in [2.24, 2.45) is 10.6 Å². The molecule has 5 heterocycles. The maximum absolute atomic E-state index is 13.1. The van der Waals surface area contributed by atoms with Crippen LogP contribution in [0.4, 0.5) is 5.13 Å². The molecule has 0 bridgehead atoms. The molecule has 3 aliphatic heterocycles. The minimum atomic E-state index is -1.23. The lowest BCUT2D eigenvalue weighted by atomic mass is 9.89. The summed E-state index contributed by atoms with van der Waals surface area (Å²) in [6.45, 7) is 0.141. The van der Waals surface area contributed by atoms with Crippen LogP contribution in [-0.4, -0.2) is 106 Å². The van der Waals surface area contributed by atoms with E-state index in [1.165, 1.54) is 33.1 Å². The summed E-state index contributed by atoms with van der Waals surface area (Å²) in [7, 11) is 0. The lowest BCUT2D eigenvalue weighted by molar-refractivity contribution is -0.157. The first kappa shape index (κ1) is 29.3. The molecule has 3 fully saturated rings. The molecule has 0 spiro atoms. The molecule has 3 saturated heterocycles. The first-order chi connectivity index (χ1) is 18.3. The lowest BCUT2D eigenvalue weighted by Crippen LogP contribution is -2.74. The molecule has 14 nitrogen and oxygen atoms in total. The molecule has 39 heavy (non-hydrogen) atoms. The number of nitrogens with zero attached hydrogens (tertiary/aromatic N) is 7. The Bertz CT molecular complexity index is 1330. The zero-order valence-corrected chi connectivity index (χ0v) is 24.0. The Balaban J connectivity index is 0.00000353. The number of carboxylic acids is 1. The Hall–Kier alpha value is -2.72. The summed E-state index contributed by atoms with van der Waals surface area (Å²) in [5.74, 6) is 2.31. The van der Waals surface area contributed by atoms with Gasteiger partial charge in [0.25, 0.3) is 5.91 Å². The molecule has 3 aliphatic rings. The van der Waals surface area contributed by atoms with E-state index in [0.717, 1.165) is 22.8 Å². The normalized spacial score (nSPS) is 24.4. The van der Waals surface area contributed by atoms with E-state index >= 15 is 0 Å². The standard InChI is InChI=1S/C20H21N9O5S4.ClH/c1-2-3-29-19(24-26-27-29)38-9-20(17(32)33)7-28-15(31)13(16(28)37-8-20)23-14(30)12(11-6-36-18(21)22-11)25-34-10-4-35-5-10;/h1,6,10,13,16H,3-5,7-9H2,(H2,21,22)(H,23,30)(H,32,33);1H/t13?,16-,20?;/m1./s1. The van der Waals surface area contributed by atoms with Crippen LogP contribution in [0.1, 0.15) is 5.69 Å². The van der Waals surface area contributed by atoms with Crippen molar-refractivity contribution in [3.63, 3.8) is 0 Å². The number of oxime groups is 1. The van der Waals surface area contributed by atoms with Crippen molar-refractivity contribution in [3.8, 4) is 12.3 Å². The van der Waals surface area contributed by atoms with Crippen LogP contribution in [0.5, 0.6) is 0 Å². The first-order valence-electron chi connectivity index (χ1n) is 11.1. The van der Waals surface area contributed by atoms with Gasteiger partial charge in [0.05, 0.1) is 0 Å². The van der Waals surface area contributed by atoms with Gasteiger partial charge in [-0.1, -0.05) is 22.8 Å². The average Bonchev–Trinajstić information content (AvgIpc) is 3.51. The quantitative estimate of drug-likeness (QED) is 0.103. The number of terminal acetylenes is 1. The third kappa shape index (κ3) is 5.91. The maximum Gasteiger partial charge on any atom is 0.313 e. The zero-order chi connectivity index (χ0) is 26.9. The summed E-state index contributed by atoms with van der Waals surface area (Å²) < 4.78 is 1.40. The van der Waals surface area contributed by atoms with Crippen molar-refractivity contribution in [2.75, 3.05) is 35.3 Å². The number of thiazole rings is 1. The molecule has 19 heteroatoms. The molecule has 208 valence electrons. The summed E-state index contributed by atoms with van der Waals surface area (Å²) in [6.07, 6.45) is 5.24. The molecule has 2 aromatic rings. The third-order valence-electron chi connectivity index (χ3n) is 5.98. The number of thioether (sulfide) groups is 3. The topological polar surface area (TPSA) is 191 Å². The Labute approximate surface area is 245 Å². The van der Waals surface area contributed by atoms with E-state index in [1.807, 2.05) is 0 Å². The van der Waals surface area contributed by atoms with E-state index < -0.39 is 28.7 Å². The van der Waals surface area contributed by atoms with E-state index in [2.05, 4.69) is 36.9 Å². The molecular weight excluding hydrogens is 610 g/mol. The van der Waals surface area contributed by atoms with Gasteiger partial charge in [0.1, 0.15) is 35.2 Å². The van der Waals surface area contributed by atoms with Crippen molar-refractivity contribution in [2.45, 2.75) is 29.2 Å². The smallest absolute Gasteiger partial charge is 0.313 e. The fraction of sp³-hybridized carbons (Fsp3) is 0.500. The van der Waals surface area contributed by atoms with E-state index in [0.29, 0.717) is 5.16 Å². The zero-order valence-electron chi connectivity index (χ0n) is 20.0. The predicted molar refractivity (Wildman–Crippen MR) is 150 cm³/mol. The van der Waals surface area contributed by atoms with Gasteiger partial charge in [-0.25, -0.2) is 9.67 Å². The summed E-state index contributed by atoms with van der Waals surface area (Å²) in [6, 6.07) is -0.838. The van der Waals surface area contributed by atoms with Gasteiger partial charge in [-0.3, -0.25) is 14.4 Å². The average molecular weight is 632 g/mol. The highest BCUT2D eigenvalue weighted by Gasteiger charge is 2.57. The Morgan fingerprint density at radius 3 is 2.87 bits per heavy atom. The number of amides is 2. The van der Waals surface area contributed by atoms with Crippen molar-refractivity contribution >= 4 is 87.7 Å². The fourth-order valence-corrected chi connectivity index (χ4v) is 7.64. The molecule has 0 radical (unpaired) electrons. The number of carbonyl (C=O) groups excluding carboxylic acids is 2. The molecule has 2 aromatic heterocycles. The van der Waals surface area contributed by atoms with Gasteiger partial charge in [0.2, 0.25) is 11.1 Å². The molecule has 3 atom stereocenters. The highest BCUT2D eigenvalue weighted by Crippen LogP contribution is 2.44. The number of rotatable bonds is 10. The number of halogens is 1. The predicted octanol–water partition coefficient (Wildman–Crippen LogP) is -0.134. The number of β-lactam (4-membered cyclic amide) rings is 1. The summed E-state index contributed by atoms with van der Waals surface area (Å²) in [5, 5.41) is 29.9. The van der Waals surface area contributed by atoms with Gasteiger partial charge in [-0.05, 0) is 10.4 Å². The van der Waals surface area contributed by atoms with E-state index in [4.69, 9.17) is 17.0 Å². The summed E-state index contributed by atoms with van der Waals surface area (Å²) >= 11 is 5.32. The van der Waals surface area contributed by atoms with Gasteiger partial charge in [0.15, 0.2) is 10.8 Å². The van der Waals surface area contributed by atoms with Crippen LogP contribution in [0.25, 0.3) is 0 Å². The number of aliphatic carboxylic acids is 1. The van der Waals surface area contributed by atoms with Crippen LogP contribution in [0.3, 0.4) is 0 Å². The van der Waals surface area contributed by atoms with Crippen LogP contribution in [0.2, 0.25) is 0 Å². The number of fused-ring (bicyclic) bond motifs is 1. The highest BCUT2D eigenvalue weighted by atomic mass is 35.5. The van der Waals surface area contributed by atoms with Gasteiger partial charge in [0, 0.05) is 34.9 Å². The van der Waals surface area contributed by atoms with Gasteiger partial charge < -0.3 is 25.9 Å². The number of nitrogens with one attached hydrogen (secondary N) is 1. The van der Waals surface area contributed by atoms with Crippen molar-refractivity contribution in [3.05, 3.63) is 11.1 Å². The number of anilines is 1. The largest absolute Gasteiger partial charge is 0.481 e. The second-order valence-corrected chi connectivity index (χ2v) is 12.6. The van der Waals surface area contributed by atoms with Gasteiger partial charge in [-0.2, -0.15) is 11.8 Å². The molecule has 2 amide bonds. The Morgan fingerprint density at radius 1 is 1.44 bits per heavy atom. The summed E-state index contributed by atoms with van der Waals surface area (Å²) in [4.78, 5) is 49.5. The number of carbonyl (C=O) groups is 3. The molecule has 4 N–H and O–H groups in total. The first-order valence-corrected chi connectivity index (χ1v) is 15.2. The number of carboxylic acid groups (broad SMARTS) is 1. The van der Waals surface area contributed by atoms with E-state index in [9.17, 15) is 19.5 Å². The molecule has 5 rings (SSSR count). The molecule has 0 aromatic carbocycles. The Morgan fingerprint density at radius 2 is 2.23 bits per heavy atom. The maximum atomic E-state index is 13.1. The van der Waals surface area contributed by atoms with Crippen LogP contribution < -0.4 is 11.1 Å². The second-order valence-electron chi connectivity index (χ2n) is 8.59. The van der Waals surface area contributed by atoms with Crippen molar-refractivity contribution < 1.29 is 24.3 Å². The number of hydrogen-bond donors (Lipinski definition) is 3. The molecule has 2 unspecified atom stereocenters. The highest BCUT2D eigenvalue weighted by molar-refractivity contribution is 8.01. The van der Waals surface area contributed by atoms with Crippen molar-refractivity contribution in [1.29, 1.82) is 0 Å². The number of nitrogen functional groups attached to an aromatic ring is 1. The van der Waals surface area contributed by atoms with Gasteiger partial charge >= 0.3 is 5.97 Å². The third-order valence-corrected chi connectivity index (χ3v) is 10.7. The molecule has 0 aliphatic carbocycles. The second kappa shape index (κ2) is 12.2. The number of aromatic nitrogens is 5. The minimum absolute atomic E-state index is 0. The number of nitrogens with two attached hydrogens (primary N) is 1. The van der Waals surface area contributed by atoms with Crippen molar-refractivity contribution in [1.82, 2.24) is 35.4 Å². The Kier molecular flexibility index (Phi) is 9.16. The summed E-state index contributed by atoms with van der Waals surface area (Å²) in [5.41, 5.74) is 4.68. The van der Waals surface area contributed by atoms with E-state index in [1.54, 1.807) is 17.1 Å².